The van der Waals surface area contributed by atoms with Crippen LogP contribution in [0.15, 0.2) is 48.8 Å². The standard InChI is InChI=1S/C15H11N5OS/c21-14(8-20-9-16-10-4-1-2-7-13(10)20)17-11-5-3-6-12-15(11)19-22-18-12/h1-7,9H,8H2,(H,17,21). The molecule has 0 aliphatic rings. The van der Waals surface area contributed by atoms with Crippen molar-refractivity contribution in [2.75, 3.05) is 5.32 Å². The summed E-state index contributed by atoms with van der Waals surface area (Å²) in [5, 5.41) is 2.89. The van der Waals surface area contributed by atoms with Crippen LogP contribution in [0, 0.1) is 0 Å². The minimum atomic E-state index is -0.122. The summed E-state index contributed by atoms with van der Waals surface area (Å²) in [6, 6.07) is 13.3. The van der Waals surface area contributed by atoms with Crippen LogP contribution < -0.4 is 5.32 Å². The van der Waals surface area contributed by atoms with E-state index in [4.69, 9.17) is 0 Å². The lowest BCUT2D eigenvalue weighted by molar-refractivity contribution is -0.116. The van der Waals surface area contributed by atoms with Crippen molar-refractivity contribution in [3.05, 3.63) is 48.8 Å². The van der Waals surface area contributed by atoms with Gasteiger partial charge in [-0.15, -0.1) is 0 Å². The van der Waals surface area contributed by atoms with Crippen LogP contribution in [0.2, 0.25) is 0 Å². The van der Waals surface area contributed by atoms with E-state index in [1.807, 2.05) is 47.0 Å². The SMILES string of the molecule is O=C(Cn1cnc2ccccc21)Nc1cccc2nsnc12. The van der Waals surface area contributed by atoms with Crippen LogP contribution in [-0.4, -0.2) is 24.2 Å². The minimum absolute atomic E-state index is 0.122. The highest BCUT2D eigenvalue weighted by molar-refractivity contribution is 7.00. The Kier molecular flexibility index (Phi) is 3.05. The van der Waals surface area contributed by atoms with E-state index < -0.39 is 0 Å². The number of hydrogen-bond acceptors (Lipinski definition) is 5. The summed E-state index contributed by atoms with van der Waals surface area (Å²) in [5.41, 5.74) is 4.00. The van der Waals surface area contributed by atoms with Crippen molar-refractivity contribution >= 4 is 45.4 Å². The fraction of sp³-hybridized carbons (Fsp3) is 0.0667. The lowest BCUT2D eigenvalue weighted by Gasteiger charge is -2.07. The zero-order valence-electron chi connectivity index (χ0n) is 11.4. The second kappa shape index (κ2) is 5.19. The largest absolute Gasteiger partial charge is 0.323 e. The number of carbonyl (C=O) groups excluding carboxylic acids is 1. The van der Waals surface area contributed by atoms with E-state index in [1.54, 1.807) is 6.33 Å². The molecule has 0 bridgehead atoms. The smallest absolute Gasteiger partial charge is 0.244 e. The lowest BCUT2D eigenvalue weighted by atomic mass is 10.2. The van der Waals surface area contributed by atoms with Gasteiger partial charge in [0.15, 0.2) is 0 Å². The van der Waals surface area contributed by atoms with E-state index in [1.165, 1.54) is 0 Å². The molecule has 2 heterocycles. The molecule has 2 aromatic heterocycles. The third-order valence-electron chi connectivity index (χ3n) is 3.40. The van der Waals surface area contributed by atoms with Gasteiger partial charge in [0.1, 0.15) is 17.6 Å². The number of anilines is 1. The molecule has 0 radical (unpaired) electrons. The van der Waals surface area contributed by atoms with Crippen LogP contribution in [-0.2, 0) is 11.3 Å². The molecule has 6 nitrogen and oxygen atoms in total. The molecule has 7 heteroatoms. The number of nitrogens with one attached hydrogen (secondary N) is 1. The third-order valence-corrected chi connectivity index (χ3v) is 3.94. The van der Waals surface area contributed by atoms with Crippen LogP contribution in [0.25, 0.3) is 22.1 Å². The van der Waals surface area contributed by atoms with Gasteiger partial charge in [-0.25, -0.2) is 4.98 Å². The van der Waals surface area contributed by atoms with E-state index in [9.17, 15) is 4.79 Å². The first-order valence-electron chi connectivity index (χ1n) is 6.72. The van der Waals surface area contributed by atoms with Crippen molar-refractivity contribution in [2.24, 2.45) is 0 Å². The Labute approximate surface area is 129 Å². The first-order chi connectivity index (χ1) is 10.8. The molecule has 1 N–H and O–H groups in total. The van der Waals surface area contributed by atoms with Gasteiger partial charge < -0.3 is 9.88 Å². The molecule has 4 rings (SSSR count). The van der Waals surface area contributed by atoms with Crippen molar-refractivity contribution in [1.29, 1.82) is 0 Å². The molecule has 4 aromatic rings. The average Bonchev–Trinajstić information content (AvgIpc) is 3.15. The predicted molar refractivity (Wildman–Crippen MR) is 85.8 cm³/mol. The summed E-state index contributed by atoms with van der Waals surface area (Å²) in [4.78, 5) is 16.6. The van der Waals surface area contributed by atoms with Crippen LogP contribution in [0.4, 0.5) is 5.69 Å². The molecule has 108 valence electrons. The highest BCUT2D eigenvalue weighted by atomic mass is 32.1. The molecule has 2 aromatic carbocycles. The summed E-state index contributed by atoms with van der Waals surface area (Å²) in [7, 11) is 0. The van der Waals surface area contributed by atoms with Gasteiger partial charge in [0.05, 0.1) is 34.8 Å². The normalized spacial score (nSPS) is 11.1. The number of hydrogen-bond donors (Lipinski definition) is 1. The Morgan fingerprint density at radius 2 is 1.95 bits per heavy atom. The van der Waals surface area contributed by atoms with Crippen molar-refractivity contribution < 1.29 is 4.79 Å². The number of carbonyl (C=O) groups is 1. The van der Waals surface area contributed by atoms with Gasteiger partial charge in [0.25, 0.3) is 0 Å². The summed E-state index contributed by atoms with van der Waals surface area (Å²) in [6.45, 7) is 0.203. The predicted octanol–water partition coefficient (Wildman–Crippen LogP) is 2.68. The van der Waals surface area contributed by atoms with Crippen molar-refractivity contribution in [3.63, 3.8) is 0 Å². The maximum Gasteiger partial charge on any atom is 0.244 e. The highest BCUT2D eigenvalue weighted by Crippen LogP contribution is 2.21. The number of imidazole rings is 1. The molecule has 0 fully saturated rings. The van der Waals surface area contributed by atoms with Gasteiger partial charge in [0.2, 0.25) is 5.91 Å². The van der Waals surface area contributed by atoms with Crippen LogP contribution in [0.1, 0.15) is 0 Å². The molecular formula is C15H11N5OS. The van der Waals surface area contributed by atoms with E-state index in [0.717, 1.165) is 33.8 Å². The lowest BCUT2D eigenvalue weighted by Crippen LogP contribution is -2.18. The molecule has 0 saturated heterocycles. The maximum absolute atomic E-state index is 12.3. The summed E-state index contributed by atoms with van der Waals surface area (Å²) < 4.78 is 10.2. The van der Waals surface area contributed by atoms with Gasteiger partial charge in [-0.2, -0.15) is 8.75 Å². The first-order valence-corrected chi connectivity index (χ1v) is 7.45. The van der Waals surface area contributed by atoms with E-state index in [-0.39, 0.29) is 12.5 Å². The Hall–Kier alpha value is -2.80. The van der Waals surface area contributed by atoms with Crippen molar-refractivity contribution in [1.82, 2.24) is 18.3 Å². The zero-order valence-corrected chi connectivity index (χ0v) is 12.2. The molecule has 0 saturated carbocycles. The van der Waals surface area contributed by atoms with Gasteiger partial charge in [-0.05, 0) is 24.3 Å². The molecule has 0 spiro atoms. The zero-order chi connectivity index (χ0) is 14.9. The van der Waals surface area contributed by atoms with Gasteiger partial charge in [0, 0.05) is 0 Å². The molecular weight excluding hydrogens is 298 g/mol. The van der Waals surface area contributed by atoms with Crippen LogP contribution >= 0.6 is 11.7 Å². The van der Waals surface area contributed by atoms with E-state index in [2.05, 4.69) is 19.0 Å². The second-order valence-electron chi connectivity index (χ2n) is 4.85. The first kappa shape index (κ1) is 12.9. The Morgan fingerprint density at radius 3 is 2.91 bits per heavy atom. The van der Waals surface area contributed by atoms with Gasteiger partial charge in [-0.3, -0.25) is 4.79 Å². The fourth-order valence-corrected chi connectivity index (χ4v) is 2.94. The highest BCUT2D eigenvalue weighted by Gasteiger charge is 2.10. The Bertz CT molecular complexity index is 974. The topological polar surface area (TPSA) is 72.7 Å². The van der Waals surface area contributed by atoms with Gasteiger partial charge in [-0.1, -0.05) is 18.2 Å². The number of para-hydroxylation sites is 2. The number of benzene rings is 2. The van der Waals surface area contributed by atoms with Crippen LogP contribution in [0.5, 0.6) is 0 Å². The Balaban J connectivity index is 1.59. The average molecular weight is 309 g/mol. The molecule has 0 unspecified atom stereocenters. The van der Waals surface area contributed by atoms with Gasteiger partial charge >= 0.3 is 0 Å². The monoisotopic (exact) mass is 309 g/mol. The van der Waals surface area contributed by atoms with E-state index in [0.29, 0.717) is 5.69 Å². The number of nitrogens with zero attached hydrogens (tertiary/aromatic N) is 4. The van der Waals surface area contributed by atoms with E-state index >= 15 is 0 Å². The minimum Gasteiger partial charge on any atom is -0.323 e. The van der Waals surface area contributed by atoms with Crippen LogP contribution in [0.3, 0.4) is 0 Å². The van der Waals surface area contributed by atoms with Crippen molar-refractivity contribution in [3.8, 4) is 0 Å². The maximum atomic E-state index is 12.3. The molecule has 0 aliphatic heterocycles. The quantitative estimate of drug-likeness (QED) is 0.631. The second-order valence-corrected chi connectivity index (χ2v) is 5.38. The third kappa shape index (κ3) is 2.21. The Morgan fingerprint density at radius 1 is 1.09 bits per heavy atom. The summed E-state index contributed by atoms with van der Waals surface area (Å²) >= 11 is 1.13. The number of rotatable bonds is 3. The number of amides is 1. The molecule has 22 heavy (non-hydrogen) atoms. The fourth-order valence-electron chi connectivity index (χ4n) is 2.39. The summed E-state index contributed by atoms with van der Waals surface area (Å²) in [6.07, 6.45) is 1.68. The molecule has 0 aliphatic carbocycles. The summed E-state index contributed by atoms with van der Waals surface area (Å²) in [5.74, 6) is -0.122. The number of aromatic nitrogens is 4. The molecule has 0 atom stereocenters. The molecule has 1 amide bonds. The van der Waals surface area contributed by atoms with Crippen molar-refractivity contribution in [2.45, 2.75) is 6.54 Å². The number of fused-ring (bicyclic) bond motifs is 2.